The van der Waals surface area contributed by atoms with Crippen LogP contribution in [-0.4, -0.2) is 37.8 Å². The third kappa shape index (κ3) is 4.66. The van der Waals surface area contributed by atoms with Gasteiger partial charge in [0.25, 0.3) is 5.91 Å². The largest absolute Gasteiger partial charge is 0.486 e. The van der Waals surface area contributed by atoms with Gasteiger partial charge in [-0.3, -0.25) is 4.79 Å². The van der Waals surface area contributed by atoms with Crippen LogP contribution in [0, 0.1) is 0 Å². The van der Waals surface area contributed by atoms with Gasteiger partial charge in [0.2, 0.25) is 0 Å². The van der Waals surface area contributed by atoms with E-state index in [0.29, 0.717) is 36.1 Å². The highest BCUT2D eigenvalue weighted by atomic mass is 16.6. The van der Waals surface area contributed by atoms with Crippen molar-refractivity contribution in [3.63, 3.8) is 0 Å². The van der Waals surface area contributed by atoms with E-state index in [4.69, 9.17) is 18.9 Å². The van der Waals surface area contributed by atoms with Gasteiger partial charge in [-0.25, -0.2) is 4.79 Å². The van der Waals surface area contributed by atoms with Crippen molar-refractivity contribution in [2.24, 2.45) is 0 Å². The smallest absolute Gasteiger partial charge is 0.347 e. The summed E-state index contributed by atoms with van der Waals surface area (Å²) in [5, 5.41) is 2.64. The van der Waals surface area contributed by atoms with Crippen LogP contribution in [0.1, 0.15) is 6.92 Å². The molecule has 0 aromatic heterocycles. The topological polar surface area (TPSA) is 83.1 Å². The number of fused-ring (bicyclic) bond motifs is 1. The van der Waals surface area contributed by atoms with E-state index in [2.05, 4.69) is 5.32 Å². The minimum Gasteiger partial charge on any atom is -0.486 e. The van der Waals surface area contributed by atoms with Crippen LogP contribution >= 0.6 is 0 Å². The van der Waals surface area contributed by atoms with E-state index in [0.717, 1.165) is 0 Å². The van der Waals surface area contributed by atoms with Crippen molar-refractivity contribution in [2.45, 2.75) is 13.0 Å². The molecular formula is C19H19NO6. The van der Waals surface area contributed by atoms with Crippen LogP contribution in [0.3, 0.4) is 0 Å². The predicted octanol–water partition coefficient (Wildman–Crippen LogP) is 2.41. The standard InChI is InChI=1S/C19H19NO6/c1-13(26-15-5-3-2-4-6-15)19(22)25-12-18(21)20-14-7-8-16-17(11-14)24-10-9-23-16/h2-8,11,13H,9-10,12H2,1H3,(H,20,21)/t13-/m0/s1. The third-order valence-electron chi connectivity index (χ3n) is 3.56. The number of ether oxygens (including phenoxy) is 4. The van der Waals surface area contributed by atoms with E-state index in [1.54, 1.807) is 49.4 Å². The molecule has 1 heterocycles. The summed E-state index contributed by atoms with van der Waals surface area (Å²) in [6.45, 7) is 2.11. The van der Waals surface area contributed by atoms with Crippen LogP contribution in [0.15, 0.2) is 48.5 Å². The van der Waals surface area contributed by atoms with Crippen LogP contribution < -0.4 is 19.5 Å². The molecule has 1 amide bonds. The highest BCUT2D eigenvalue weighted by Gasteiger charge is 2.18. The Hall–Kier alpha value is -3.22. The number of esters is 1. The first-order chi connectivity index (χ1) is 12.6. The Morgan fingerprint density at radius 1 is 1.08 bits per heavy atom. The molecule has 1 atom stereocenters. The number of carbonyl (C=O) groups is 2. The zero-order valence-electron chi connectivity index (χ0n) is 14.3. The molecule has 0 fully saturated rings. The molecule has 26 heavy (non-hydrogen) atoms. The molecule has 136 valence electrons. The molecule has 0 spiro atoms. The number of para-hydroxylation sites is 1. The molecule has 1 N–H and O–H groups in total. The van der Waals surface area contributed by atoms with Gasteiger partial charge in [0, 0.05) is 11.8 Å². The minimum absolute atomic E-state index is 0.407. The quantitative estimate of drug-likeness (QED) is 0.800. The molecule has 1 aliphatic heterocycles. The van der Waals surface area contributed by atoms with Gasteiger partial charge in [0.05, 0.1) is 0 Å². The van der Waals surface area contributed by atoms with E-state index >= 15 is 0 Å². The van der Waals surface area contributed by atoms with Crippen molar-refractivity contribution in [2.75, 3.05) is 25.1 Å². The molecule has 0 saturated heterocycles. The summed E-state index contributed by atoms with van der Waals surface area (Å²) in [4.78, 5) is 23.9. The average Bonchev–Trinajstić information content (AvgIpc) is 2.66. The first-order valence-corrected chi connectivity index (χ1v) is 8.19. The van der Waals surface area contributed by atoms with E-state index < -0.39 is 24.6 Å². The van der Waals surface area contributed by atoms with Crippen molar-refractivity contribution < 1.29 is 28.5 Å². The maximum absolute atomic E-state index is 12.0. The molecule has 0 aliphatic carbocycles. The normalized spacial score (nSPS) is 13.4. The SMILES string of the molecule is C[C@H](Oc1ccccc1)C(=O)OCC(=O)Nc1ccc2c(c1)OCCO2. The lowest BCUT2D eigenvalue weighted by molar-refractivity contribution is -0.153. The van der Waals surface area contributed by atoms with Crippen molar-refractivity contribution in [3.8, 4) is 17.2 Å². The Bertz CT molecular complexity index is 777. The third-order valence-corrected chi connectivity index (χ3v) is 3.56. The molecule has 2 aromatic rings. The van der Waals surface area contributed by atoms with Crippen LogP contribution in [-0.2, 0) is 14.3 Å². The predicted molar refractivity (Wildman–Crippen MR) is 93.6 cm³/mol. The summed E-state index contributed by atoms with van der Waals surface area (Å²) >= 11 is 0. The number of benzene rings is 2. The van der Waals surface area contributed by atoms with Gasteiger partial charge in [0.15, 0.2) is 24.2 Å². The van der Waals surface area contributed by atoms with Gasteiger partial charge in [-0.2, -0.15) is 0 Å². The summed E-state index contributed by atoms with van der Waals surface area (Å²) in [5.41, 5.74) is 0.531. The summed E-state index contributed by atoms with van der Waals surface area (Å²) < 4.78 is 21.3. The van der Waals surface area contributed by atoms with Gasteiger partial charge in [-0.15, -0.1) is 0 Å². The number of hydrogen-bond acceptors (Lipinski definition) is 6. The lowest BCUT2D eigenvalue weighted by Crippen LogP contribution is -2.29. The minimum atomic E-state index is -0.820. The Morgan fingerprint density at radius 2 is 1.81 bits per heavy atom. The van der Waals surface area contributed by atoms with Crippen molar-refractivity contribution >= 4 is 17.6 Å². The molecule has 0 radical (unpaired) electrons. The molecule has 7 heteroatoms. The van der Waals surface area contributed by atoms with E-state index in [1.807, 2.05) is 6.07 Å². The van der Waals surface area contributed by atoms with Crippen molar-refractivity contribution in [1.29, 1.82) is 0 Å². The zero-order chi connectivity index (χ0) is 18.4. The van der Waals surface area contributed by atoms with Crippen LogP contribution in [0.5, 0.6) is 17.2 Å². The summed E-state index contributed by atoms with van der Waals surface area (Å²) in [5.74, 6) is 0.675. The van der Waals surface area contributed by atoms with Gasteiger partial charge in [-0.1, -0.05) is 18.2 Å². The van der Waals surface area contributed by atoms with Gasteiger partial charge in [-0.05, 0) is 31.2 Å². The lowest BCUT2D eigenvalue weighted by Gasteiger charge is -2.19. The number of anilines is 1. The Morgan fingerprint density at radius 3 is 2.58 bits per heavy atom. The molecule has 0 unspecified atom stereocenters. The number of nitrogens with one attached hydrogen (secondary N) is 1. The maximum atomic E-state index is 12.0. The molecule has 1 aliphatic rings. The first-order valence-electron chi connectivity index (χ1n) is 8.19. The molecule has 2 aromatic carbocycles. The van der Waals surface area contributed by atoms with E-state index in [-0.39, 0.29) is 0 Å². The van der Waals surface area contributed by atoms with Crippen molar-refractivity contribution in [1.82, 2.24) is 0 Å². The second kappa shape index (κ2) is 8.24. The molecule has 7 nitrogen and oxygen atoms in total. The fraction of sp³-hybridized carbons (Fsp3) is 0.263. The van der Waals surface area contributed by atoms with Crippen molar-refractivity contribution in [3.05, 3.63) is 48.5 Å². The van der Waals surface area contributed by atoms with Crippen LogP contribution in [0.4, 0.5) is 5.69 Å². The van der Waals surface area contributed by atoms with Gasteiger partial charge < -0.3 is 24.3 Å². The monoisotopic (exact) mass is 357 g/mol. The number of rotatable bonds is 6. The molecular weight excluding hydrogens is 338 g/mol. The molecule has 0 bridgehead atoms. The number of amides is 1. The van der Waals surface area contributed by atoms with Crippen LogP contribution in [0.25, 0.3) is 0 Å². The molecule has 3 rings (SSSR count). The fourth-order valence-electron chi connectivity index (χ4n) is 2.32. The average molecular weight is 357 g/mol. The number of carbonyl (C=O) groups excluding carboxylic acids is 2. The van der Waals surface area contributed by atoms with Gasteiger partial charge in [0.1, 0.15) is 19.0 Å². The summed E-state index contributed by atoms with van der Waals surface area (Å²) in [6, 6.07) is 14.0. The van der Waals surface area contributed by atoms with E-state index in [9.17, 15) is 9.59 Å². The number of hydrogen-bond donors (Lipinski definition) is 1. The van der Waals surface area contributed by atoms with E-state index in [1.165, 1.54) is 0 Å². The zero-order valence-corrected chi connectivity index (χ0v) is 14.3. The second-order valence-electron chi connectivity index (χ2n) is 5.59. The Balaban J connectivity index is 1.47. The highest BCUT2D eigenvalue weighted by Crippen LogP contribution is 2.32. The lowest BCUT2D eigenvalue weighted by atomic mass is 10.2. The fourth-order valence-corrected chi connectivity index (χ4v) is 2.32. The Labute approximate surface area is 150 Å². The Kier molecular flexibility index (Phi) is 5.58. The summed E-state index contributed by atoms with van der Waals surface area (Å²) in [7, 11) is 0. The van der Waals surface area contributed by atoms with Crippen LogP contribution in [0.2, 0.25) is 0 Å². The first kappa shape index (κ1) is 17.6. The summed E-state index contributed by atoms with van der Waals surface area (Å²) in [6.07, 6.45) is -0.820. The highest BCUT2D eigenvalue weighted by molar-refractivity contribution is 5.93. The van der Waals surface area contributed by atoms with Gasteiger partial charge >= 0.3 is 5.97 Å². The molecule has 0 saturated carbocycles. The maximum Gasteiger partial charge on any atom is 0.347 e. The second-order valence-corrected chi connectivity index (χ2v) is 5.59.